The molecule has 0 radical (unpaired) electrons. The van der Waals surface area contributed by atoms with Gasteiger partial charge in [0.25, 0.3) is 10.1 Å². The third kappa shape index (κ3) is 3.31. The monoisotopic (exact) mass is 270 g/mol. The highest BCUT2D eigenvalue weighted by Crippen LogP contribution is 2.25. The maximum absolute atomic E-state index is 12.0. The van der Waals surface area contributed by atoms with Crippen LogP contribution in [-0.4, -0.2) is 25.7 Å². The molecule has 18 heavy (non-hydrogen) atoms. The lowest BCUT2D eigenvalue weighted by Crippen LogP contribution is -2.28. The minimum atomic E-state index is -3.71. The Morgan fingerprint density at radius 3 is 2.50 bits per heavy atom. The number of rotatable bonds is 3. The summed E-state index contributed by atoms with van der Waals surface area (Å²) in [6, 6.07) is 6.58. The molecule has 0 aliphatic heterocycles. The predicted octanol–water partition coefficient (Wildman–Crippen LogP) is 2.00. The normalized spacial score (nSPS) is 25.0. The molecule has 0 unspecified atom stereocenters. The lowest BCUT2D eigenvalue weighted by Gasteiger charge is -2.25. The molecule has 1 aromatic rings. The summed E-state index contributed by atoms with van der Waals surface area (Å²) in [6.45, 7) is 1.90. The number of aliphatic hydroxyl groups excluding tert-OH is 1. The fourth-order valence-corrected chi connectivity index (χ4v) is 3.26. The molecule has 0 amide bonds. The summed E-state index contributed by atoms with van der Waals surface area (Å²) >= 11 is 0. The van der Waals surface area contributed by atoms with E-state index in [9.17, 15) is 13.5 Å². The van der Waals surface area contributed by atoms with Crippen LogP contribution in [0.3, 0.4) is 0 Å². The molecule has 0 aromatic heterocycles. The van der Waals surface area contributed by atoms with Crippen LogP contribution in [0.2, 0.25) is 0 Å². The number of aliphatic hydroxyl groups is 1. The second kappa shape index (κ2) is 5.38. The molecule has 100 valence electrons. The number of aryl methyl sites for hydroxylation is 1. The fraction of sp³-hybridized carbons (Fsp3) is 0.538. The maximum atomic E-state index is 12.0. The lowest BCUT2D eigenvalue weighted by molar-refractivity contribution is 0.0571. The van der Waals surface area contributed by atoms with Crippen LogP contribution in [0.1, 0.15) is 31.2 Å². The molecule has 1 aliphatic rings. The Morgan fingerprint density at radius 1 is 1.22 bits per heavy atom. The highest BCUT2D eigenvalue weighted by Gasteiger charge is 2.26. The first-order valence-electron chi connectivity index (χ1n) is 6.15. The fourth-order valence-electron chi connectivity index (χ4n) is 2.15. The maximum Gasteiger partial charge on any atom is 0.297 e. The molecule has 1 fully saturated rings. The summed E-state index contributed by atoms with van der Waals surface area (Å²) in [5.41, 5.74) is 1.00. The Morgan fingerprint density at radius 2 is 1.89 bits per heavy atom. The van der Waals surface area contributed by atoms with Crippen molar-refractivity contribution in [3.8, 4) is 0 Å². The van der Waals surface area contributed by atoms with E-state index in [0.29, 0.717) is 12.8 Å². The molecule has 1 aromatic carbocycles. The van der Waals surface area contributed by atoms with Gasteiger partial charge in [-0.15, -0.1) is 0 Å². The van der Waals surface area contributed by atoms with Crippen LogP contribution in [0.4, 0.5) is 0 Å². The Bertz CT molecular complexity index is 492. The number of hydrogen-bond acceptors (Lipinski definition) is 4. The largest absolute Gasteiger partial charge is 0.393 e. The van der Waals surface area contributed by atoms with Gasteiger partial charge >= 0.3 is 0 Å². The quantitative estimate of drug-likeness (QED) is 0.853. The lowest BCUT2D eigenvalue weighted by atomic mass is 9.95. The van der Waals surface area contributed by atoms with Gasteiger partial charge in [0, 0.05) is 6.42 Å². The van der Waals surface area contributed by atoms with Crippen LogP contribution >= 0.6 is 0 Å². The van der Waals surface area contributed by atoms with Crippen molar-refractivity contribution in [2.24, 2.45) is 0 Å². The van der Waals surface area contributed by atoms with Gasteiger partial charge in [0.05, 0.1) is 17.1 Å². The molecular formula is C13H18O4S. The Labute approximate surface area is 108 Å². The molecule has 1 N–H and O–H groups in total. The van der Waals surface area contributed by atoms with Crippen molar-refractivity contribution in [1.82, 2.24) is 0 Å². The van der Waals surface area contributed by atoms with E-state index in [1.54, 1.807) is 24.3 Å². The molecule has 1 saturated carbocycles. The molecule has 1 aliphatic carbocycles. The molecule has 4 nitrogen and oxygen atoms in total. The highest BCUT2D eigenvalue weighted by atomic mass is 32.2. The second-order valence-corrected chi connectivity index (χ2v) is 6.38. The topological polar surface area (TPSA) is 63.6 Å². The van der Waals surface area contributed by atoms with E-state index in [0.717, 1.165) is 18.4 Å². The summed E-state index contributed by atoms with van der Waals surface area (Å²) in [5.74, 6) is 0. The van der Waals surface area contributed by atoms with Gasteiger partial charge in [-0.05, 0) is 38.3 Å². The Kier molecular flexibility index (Phi) is 4.04. The first-order valence-corrected chi connectivity index (χ1v) is 7.56. The second-order valence-electron chi connectivity index (χ2n) is 4.81. The van der Waals surface area contributed by atoms with Gasteiger partial charge in [-0.1, -0.05) is 17.7 Å². The van der Waals surface area contributed by atoms with E-state index in [1.165, 1.54) is 0 Å². The van der Waals surface area contributed by atoms with E-state index in [1.807, 2.05) is 6.92 Å². The van der Waals surface area contributed by atoms with Gasteiger partial charge in [0.1, 0.15) is 0 Å². The van der Waals surface area contributed by atoms with Crippen molar-refractivity contribution in [1.29, 1.82) is 0 Å². The van der Waals surface area contributed by atoms with Gasteiger partial charge in [0.15, 0.2) is 0 Å². The van der Waals surface area contributed by atoms with Crippen LogP contribution in [0.25, 0.3) is 0 Å². The van der Waals surface area contributed by atoms with Crippen molar-refractivity contribution in [2.45, 2.75) is 49.7 Å². The van der Waals surface area contributed by atoms with Crippen LogP contribution in [-0.2, 0) is 14.3 Å². The number of hydrogen-bond donors (Lipinski definition) is 1. The van der Waals surface area contributed by atoms with Crippen molar-refractivity contribution in [2.75, 3.05) is 0 Å². The van der Waals surface area contributed by atoms with Gasteiger partial charge in [-0.2, -0.15) is 8.42 Å². The summed E-state index contributed by atoms with van der Waals surface area (Å²) in [4.78, 5) is 0.174. The predicted molar refractivity (Wildman–Crippen MR) is 67.7 cm³/mol. The van der Waals surface area contributed by atoms with Crippen LogP contribution in [0.15, 0.2) is 29.2 Å². The minimum absolute atomic E-state index is 0.174. The first kappa shape index (κ1) is 13.5. The van der Waals surface area contributed by atoms with Gasteiger partial charge < -0.3 is 5.11 Å². The van der Waals surface area contributed by atoms with Gasteiger partial charge in [-0.25, -0.2) is 0 Å². The van der Waals surface area contributed by atoms with E-state index in [-0.39, 0.29) is 4.90 Å². The Balaban J connectivity index is 2.09. The smallest absolute Gasteiger partial charge is 0.297 e. The number of benzene rings is 1. The van der Waals surface area contributed by atoms with Crippen molar-refractivity contribution < 1.29 is 17.7 Å². The zero-order valence-electron chi connectivity index (χ0n) is 10.4. The van der Waals surface area contributed by atoms with Crippen LogP contribution in [0, 0.1) is 6.92 Å². The minimum Gasteiger partial charge on any atom is -0.393 e. The first-order chi connectivity index (χ1) is 8.47. The van der Waals surface area contributed by atoms with E-state index < -0.39 is 22.3 Å². The third-order valence-corrected chi connectivity index (χ3v) is 4.55. The molecule has 0 bridgehead atoms. The summed E-state index contributed by atoms with van der Waals surface area (Å²) in [6.07, 6.45) is 1.75. The van der Waals surface area contributed by atoms with E-state index >= 15 is 0 Å². The van der Waals surface area contributed by atoms with Gasteiger partial charge in [0.2, 0.25) is 0 Å². The average molecular weight is 270 g/mol. The molecule has 0 heterocycles. The van der Waals surface area contributed by atoms with Crippen LogP contribution < -0.4 is 0 Å². The summed E-state index contributed by atoms with van der Waals surface area (Å²) < 4.78 is 29.2. The van der Waals surface area contributed by atoms with Crippen LogP contribution in [0.5, 0.6) is 0 Å². The van der Waals surface area contributed by atoms with E-state index in [2.05, 4.69) is 0 Å². The third-order valence-electron chi connectivity index (χ3n) is 3.17. The zero-order valence-corrected chi connectivity index (χ0v) is 11.2. The SMILES string of the molecule is Cc1ccc(S(=O)(=O)O[C@@H]2CCC[C@H](O)C2)cc1. The molecule has 0 spiro atoms. The molecular weight excluding hydrogens is 252 g/mol. The molecule has 0 saturated heterocycles. The molecule has 2 atom stereocenters. The van der Waals surface area contributed by atoms with Crippen molar-refractivity contribution in [3.05, 3.63) is 29.8 Å². The summed E-state index contributed by atoms with van der Waals surface area (Å²) in [5, 5.41) is 9.51. The zero-order chi connectivity index (χ0) is 13.2. The average Bonchev–Trinajstić information content (AvgIpc) is 2.29. The Hall–Kier alpha value is -0.910. The van der Waals surface area contributed by atoms with Gasteiger partial charge in [-0.3, -0.25) is 4.18 Å². The highest BCUT2D eigenvalue weighted by molar-refractivity contribution is 7.86. The standard InChI is InChI=1S/C13H18O4S/c1-10-5-7-13(8-6-10)18(15,16)17-12-4-2-3-11(14)9-12/h5-8,11-12,14H,2-4,9H2,1H3/t11-,12+/m0/s1. The van der Waals surface area contributed by atoms with Crippen molar-refractivity contribution >= 4 is 10.1 Å². The molecule has 2 rings (SSSR count). The van der Waals surface area contributed by atoms with E-state index in [4.69, 9.17) is 4.18 Å². The van der Waals surface area contributed by atoms with Crippen molar-refractivity contribution in [3.63, 3.8) is 0 Å². The molecule has 5 heteroatoms. The summed E-state index contributed by atoms with van der Waals surface area (Å²) in [7, 11) is -3.71.